The molecule has 0 amide bonds. The van der Waals surface area contributed by atoms with Crippen molar-refractivity contribution in [3.63, 3.8) is 0 Å². The minimum Gasteiger partial charge on any atom is -0.497 e. The largest absolute Gasteiger partial charge is 0.497 e. The number of thioether (sulfide) groups is 1. The molecule has 26 heavy (non-hydrogen) atoms. The number of hydrogen-bond donors (Lipinski definition) is 0. The first-order chi connectivity index (χ1) is 12.3. The number of fused-ring (bicyclic) bond motifs is 1. The van der Waals surface area contributed by atoms with E-state index in [2.05, 4.69) is 0 Å². The van der Waals surface area contributed by atoms with E-state index in [1.165, 1.54) is 22.3 Å². The van der Waals surface area contributed by atoms with E-state index in [0.717, 1.165) is 16.2 Å². The van der Waals surface area contributed by atoms with E-state index in [4.69, 9.17) is 4.74 Å². The molecule has 0 spiro atoms. The van der Waals surface area contributed by atoms with Gasteiger partial charge in [-0.2, -0.15) is 0 Å². The summed E-state index contributed by atoms with van der Waals surface area (Å²) in [5, 5.41) is 0. The maximum absolute atomic E-state index is 12.5. The van der Waals surface area contributed by atoms with Crippen LogP contribution in [0.1, 0.15) is 22.8 Å². The molecule has 0 radical (unpaired) electrons. The third-order valence-electron chi connectivity index (χ3n) is 4.34. The van der Waals surface area contributed by atoms with Crippen molar-refractivity contribution in [3.8, 4) is 5.75 Å². The number of rotatable bonds is 6. The molecule has 1 atom stereocenters. The summed E-state index contributed by atoms with van der Waals surface area (Å²) >= 11 is 1.47. The Bertz CT molecular complexity index is 923. The van der Waals surface area contributed by atoms with Gasteiger partial charge >= 0.3 is 0 Å². The Kier molecular flexibility index (Phi) is 5.29. The van der Waals surface area contributed by atoms with Crippen molar-refractivity contribution in [2.45, 2.75) is 24.3 Å². The van der Waals surface area contributed by atoms with Gasteiger partial charge in [-0.05, 0) is 61.4 Å². The van der Waals surface area contributed by atoms with Crippen LogP contribution in [0, 0.1) is 0 Å². The molecule has 0 saturated carbocycles. The number of nitrogens with zero attached hydrogens (tertiary/aromatic N) is 1. The fourth-order valence-electron chi connectivity index (χ4n) is 3.19. The van der Waals surface area contributed by atoms with Crippen LogP contribution < -0.4 is 9.04 Å². The molecule has 1 aliphatic heterocycles. The summed E-state index contributed by atoms with van der Waals surface area (Å²) in [5.74, 6) is 1.14. The predicted molar refractivity (Wildman–Crippen MR) is 105 cm³/mol. The lowest BCUT2D eigenvalue weighted by molar-refractivity contribution is 0.102. The van der Waals surface area contributed by atoms with Crippen molar-refractivity contribution in [2.75, 3.05) is 23.4 Å². The lowest BCUT2D eigenvalue weighted by Gasteiger charge is -2.21. The van der Waals surface area contributed by atoms with Gasteiger partial charge in [-0.1, -0.05) is 0 Å². The average Bonchev–Trinajstić information content (AvgIpc) is 2.95. The first kappa shape index (κ1) is 18.8. The number of carbonyl (C=O) groups excluding carboxylic acids is 1. The van der Waals surface area contributed by atoms with Crippen LogP contribution in [0.15, 0.2) is 47.4 Å². The number of benzene rings is 2. The van der Waals surface area contributed by atoms with Crippen LogP contribution in [-0.4, -0.2) is 39.4 Å². The third kappa shape index (κ3) is 3.88. The molecule has 0 aromatic heterocycles. The number of hydrogen-bond acceptors (Lipinski definition) is 5. The zero-order valence-electron chi connectivity index (χ0n) is 14.9. The fraction of sp³-hybridized carbons (Fsp3) is 0.316. The Morgan fingerprint density at radius 2 is 1.92 bits per heavy atom. The van der Waals surface area contributed by atoms with Gasteiger partial charge in [0.2, 0.25) is 10.0 Å². The molecule has 7 heteroatoms. The van der Waals surface area contributed by atoms with Gasteiger partial charge in [0.1, 0.15) is 5.75 Å². The highest BCUT2D eigenvalue weighted by Crippen LogP contribution is 2.35. The average molecular weight is 392 g/mol. The van der Waals surface area contributed by atoms with Gasteiger partial charge < -0.3 is 4.74 Å². The Hall–Kier alpha value is -1.99. The van der Waals surface area contributed by atoms with Gasteiger partial charge in [0.25, 0.3) is 0 Å². The Morgan fingerprint density at radius 3 is 2.54 bits per heavy atom. The lowest BCUT2D eigenvalue weighted by Crippen LogP contribution is -2.34. The first-order valence-electron chi connectivity index (χ1n) is 8.22. The summed E-state index contributed by atoms with van der Waals surface area (Å²) in [4.78, 5) is 13.5. The molecule has 0 fully saturated rings. The van der Waals surface area contributed by atoms with Crippen LogP contribution in [0.3, 0.4) is 0 Å². The minimum atomic E-state index is -3.32. The fourth-order valence-corrected chi connectivity index (χ4v) is 5.24. The van der Waals surface area contributed by atoms with E-state index in [-0.39, 0.29) is 11.8 Å². The molecule has 0 bridgehead atoms. The van der Waals surface area contributed by atoms with Crippen LogP contribution in [0.2, 0.25) is 0 Å². The van der Waals surface area contributed by atoms with Gasteiger partial charge in [0, 0.05) is 16.5 Å². The summed E-state index contributed by atoms with van der Waals surface area (Å²) in [6.07, 6.45) is 1.83. The van der Waals surface area contributed by atoms with E-state index in [9.17, 15) is 13.2 Å². The molecule has 0 N–H and O–H groups in total. The van der Waals surface area contributed by atoms with Crippen molar-refractivity contribution in [2.24, 2.45) is 0 Å². The predicted octanol–water partition coefficient (Wildman–Crippen LogP) is 3.38. The smallest absolute Gasteiger partial charge is 0.232 e. The van der Waals surface area contributed by atoms with Crippen LogP contribution in [0.4, 0.5) is 5.69 Å². The topological polar surface area (TPSA) is 63.7 Å². The number of Topliss-reactive ketones (excluding diaryl/α,β-unsaturated/α-hetero) is 1. The van der Waals surface area contributed by atoms with Gasteiger partial charge in [-0.3, -0.25) is 9.10 Å². The number of carbonyl (C=O) groups is 1. The Balaban J connectivity index is 1.72. The van der Waals surface area contributed by atoms with Crippen LogP contribution in [-0.2, 0) is 16.4 Å². The second-order valence-electron chi connectivity index (χ2n) is 6.34. The second-order valence-corrected chi connectivity index (χ2v) is 9.25. The molecule has 1 aliphatic rings. The monoisotopic (exact) mass is 391 g/mol. The molecule has 0 aliphatic carbocycles. The van der Waals surface area contributed by atoms with Crippen molar-refractivity contribution >= 4 is 33.3 Å². The summed E-state index contributed by atoms with van der Waals surface area (Å²) in [5.41, 5.74) is 2.20. The molecular weight excluding hydrogens is 370 g/mol. The normalized spacial score (nSPS) is 16.4. The highest BCUT2D eigenvalue weighted by Gasteiger charge is 2.32. The second kappa shape index (κ2) is 7.32. The summed E-state index contributed by atoms with van der Waals surface area (Å²) in [6, 6.07) is 12.7. The number of ketones is 1. The van der Waals surface area contributed by atoms with Gasteiger partial charge in [0.05, 0.1) is 24.8 Å². The van der Waals surface area contributed by atoms with E-state index >= 15 is 0 Å². The van der Waals surface area contributed by atoms with Crippen molar-refractivity contribution in [3.05, 3.63) is 53.6 Å². The molecule has 0 saturated heterocycles. The van der Waals surface area contributed by atoms with Gasteiger partial charge in [-0.25, -0.2) is 8.42 Å². The summed E-state index contributed by atoms with van der Waals surface area (Å²) in [6.45, 7) is 1.88. The van der Waals surface area contributed by atoms with E-state index in [1.807, 2.05) is 37.3 Å². The molecule has 1 heterocycles. The van der Waals surface area contributed by atoms with Gasteiger partial charge in [-0.15, -0.1) is 11.8 Å². The number of sulfonamides is 1. The van der Waals surface area contributed by atoms with E-state index in [1.54, 1.807) is 19.2 Å². The molecule has 3 rings (SSSR count). The first-order valence-corrected chi connectivity index (χ1v) is 11.1. The highest BCUT2D eigenvalue weighted by molar-refractivity contribution is 8.00. The number of anilines is 1. The third-order valence-corrected chi connectivity index (χ3v) is 6.62. The molecule has 2 aromatic rings. The molecule has 138 valence electrons. The van der Waals surface area contributed by atoms with E-state index in [0.29, 0.717) is 23.4 Å². The van der Waals surface area contributed by atoms with Gasteiger partial charge in [0.15, 0.2) is 5.78 Å². The standard InChI is InChI=1S/C19H21NO4S2/c1-13-10-15-11-14(4-9-18(15)20(13)26(3,22)23)19(21)12-25-17-7-5-16(24-2)6-8-17/h4-9,11,13H,10,12H2,1-3H3/t13-/m0/s1. The number of ether oxygens (including phenoxy) is 1. The zero-order valence-corrected chi connectivity index (χ0v) is 16.6. The SMILES string of the molecule is COc1ccc(SCC(=O)c2ccc3c(c2)C[C@H](C)N3S(C)(=O)=O)cc1. The maximum Gasteiger partial charge on any atom is 0.232 e. The van der Waals surface area contributed by atoms with Crippen LogP contribution >= 0.6 is 11.8 Å². The van der Waals surface area contributed by atoms with Crippen LogP contribution in [0.25, 0.3) is 0 Å². The van der Waals surface area contributed by atoms with Crippen molar-refractivity contribution < 1.29 is 17.9 Å². The quantitative estimate of drug-likeness (QED) is 0.558. The molecule has 5 nitrogen and oxygen atoms in total. The van der Waals surface area contributed by atoms with E-state index < -0.39 is 10.0 Å². The zero-order chi connectivity index (χ0) is 18.9. The molecular formula is C19H21NO4S2. The molecule has 0 unspecified atom stereocenters. The van der Waals surface area contributed by atoms with Crippen LogP contribution in [0.5, 0.6) is 5.75 Å². The van der Waals surface area contributed by atoms with Crippen molar-refractivity contribution in [1.29, 1.82) is 0 Å². The lowest BCUT2D eigenvalue weighted by atomic mass is 10.0. The number of methoxy groups -OCH3 is 1. The highest BCUT2D eigenvalue weighted by atomic mass is 32.2. The Labute approximate surface area is 158 Å². The summed E-state index contributed by atoms with van der Waals surface area (Å²) < 4.78 is 30.5. The summed E-state index contributed by atoms with van der Waals surface area (Å²) in [7, 11) is -1.70. The van der Waals surface area contributed by atoms with Crippen molar-refractivity contribution in [1.82, 2.24) is 0 Å². The Morgan fingerprint density at radius 1 is 1.23 bits per heavy atom. The maximum atomic E-state index is 12.5. The minimum absolute atomic E-state index is 0.0269. The molecule has 2 aromatic carbocycles.